The first kappa shape index (κ1) is 21.5. The predicted octanol–water partition coefficient (Wildman–Crippen LogP) is 4.17. The molecule has 0 saturated carbocycles. The molecule has 2 unspecified atom stereocenters. The summed E-state index contributed by atoms with van der Waals surface area (Å²) in [6.45, 7) is 13.9. The van der Waals surface area contributed by atoms with Crippen LogP contribution in [-0.2, 0) is 37.0 Å². The Morgan fingerprint density at radius 3 is 2.32 bits per heavy atom. The number of anilines is 1. The summed E-state index contributed by atoms with van der Waals surface area (Å²) < 4.78 is 15.7. The van der Waals surface area contributed by atoms with Gasteiger partial charge in [-0.15, -0.1) is 0 Å². The fourth-order valence-electron chi connectivity index (χ4n) is 4.61. The number of nitrogens with zero attached hydrogens (tertiary/aromatic N) is 1. The molecule has 0 aliphatic heterocycles. The molecule has 0 amide bonds. The molecule has 0 spiro atoms. The highest BCUT2D eigenvalue weighted by molar-refractivity contribution is 7.89. The lowest BCUT2D eigenvalue weighted by molar-refractivity contribution is 0.284. The van der Waals surface area contributed by atoms with Crippen LogP contribution in [0.25, 0.3) is 0 Å². The van der Waals surface area contributed by atoms with Crippen LogP contribution in [-0.4, -0.2) is 34.8 Å². The minimum atomic E-state index is -1.10. The molecule has 2 N–H and O–H groups in total. The van der Waals surface area contributed by atoms with Gasteiger partial charge in [-0.3, -0.25) is 0 Å². The summed E-state index contributed by atoms with van der Waals surface area (Å²) in [4.78, 5) is 2.42. The Labute approximate surface area is 174 Å². The maximum atomic E-state index is 12.6. The molecule has 2 aliphatic rings. The van der Waals surface area contributed by atoms with Crippen LogP contribution < -0.4 is 10.0 Å². The topological polar surface area (TPSA) is 50.4 Å². The second kappa shape index (κ2) is 10.0. The minimum Gasteiger partial charge on any atom is -0.593 e. The zero-order chi connectivity index (χ0) is 20.1. The third-order valence-corrected chi connectivity index (χ3v) is 7.60. The van der Waals surface area contributed by atoms with Crippen molar-refractivity contribution in [1.82, 2.24) is 9.62 Å². The predicted molar refractivity (Wildman–Crippen MR) is 121 cm³/mol. The molecule has 0 aromatic heterocycles. The van der Waals surface area contributed by atoms with Gasteiger partial charge in [0.15, 0.2) is 0 Å². The highest BCUT2D eigenvalue weighted by atomic mass is 32.2. The molecule has 1 aromatic rings. The Hall–Kier alpha value is -1.17. The average molecular weight is 404 g/mol. The van der Waals surface area contributed by atoms with Gasteiger partial charge in [0.05, 0.1) is 11.4 Å². The Morgan fingerprint density at radius 1 is 1.14 bits per heavy atom. The summed E-state index contributed by atoms with van der Waals surface area (Å²) in [5, 5.41) is 3.51. The largest absolute Gasteiger partial charge is 0.593 e. The smallest absolute Gasteiger partial charge is 0.141 e. The molecule has 0 radical (unpaired) electrons. The maximum absolute atomic E-state index is 12.6. The molecule has 5 heteroatoms. The summed E-state index contributed by atoms with van der Waals surface area (Å²) in [5.41, 5.74) is 7.18. The highest BCUT2D eigenvalue weighted by Crippen LogP contribution is 2.38. The first-order valence-electron chi connectivity index (χ1n) is 11.0. The van der Waals surface area contributed by atoms with E-state index in [-0.39, 0.29) is 0 Å². The monoisotopic (exact) mass is 403 g/mol. The summed E-state index contributed by atoms with van der Waals surface area (Å²) in [6, 6.07) is 2.43. The maximum Gasteiger partial charge on any atom is 0.141 e. The molecule has 3 rings (SSSR count). The van der Waals surface area contributed by atoms with Gasteiger partial charge in [0.1, 0.15) is 11.6 Å². The third kappa shape index (κ3) is 5.25. The van der Waals surface area contributed by atoms with Crippen LogP contribution in [0.5, 0.6) is 0 Å². The van der Waals surface area contributed by atoms with Crippen molar-refractivity contribution in [2.75, 3.05) is 30.7 Å². The Bertz CT molecular complexity index is 655. The quantitative estimate of drug-likeness (QED) is 0.545. The molecule has 2 aliphatic carbocycles. The van der Waals surface area contributed by atoms with Gasteiger partial charge in [0.2, 0.25) is 0 Å². The van der Waals surface area contributed by atoms with Crippen molar-refractivity contribution in [2.45, 2.75) is 65.7 Å². The van der Waals surface area contributed by atoms with Crippen LogP contribution in [0.2, 0.25) is 0 Å². The summed E-state index contributed by atoms with van der Waals surface area (Å²) >= 11 is -1.10. The van der Waals surface area contributed by atoms with Gasteiger partial charge in [-0.05, 0) is 86.8 Å². The van der Waals surface area contributed by atoms with E-state index in [1.54, 1.807) is 0 Å². The van der Waals surface area contributed by atoms with Gasteiger partial charge < -0.3 is 14.8 Å². The van der Waals surface area contributed by atoms with Crippen LogP contribution in [0.3, 0.4) is 0 Å². The van der Waals surface area contributed by atoms with E-state index in [4.69, 9.17) is 0 Å². The number of rotatable bonds is 11. The molecule has 0 saturated heterocycles. The van der Waals surface area contributed by atoms with E-state index in [0.717, 1.165) is 38.9 Å². The van der Waals surface area contributed by atoms with Crippen molar-refractivity contribution in [1.29, 1.82) is 0 Å². The standard InChI is InChI=1S/C23H37N3OS/c1-5-26(6-2)14-13-17(3)16-28(27)25-18(4)24-23-21-11-7-9-19(21)15-20-10-8-12-22(20)23/h15,17,24-25H,4-14,16H2,1-3H3. The lowest BCUT2D eigenvalue weighted by Gasteiger charge is -2.23. The Balaban J connectivity index is 1.53. The van der Waals surface area contributed by atoms with E-state index < -0.39 is 11.4 Å². The fraction of sp³-hybridized carbons (Fsp3) is 0.652. The van der Waals surface area contributed by atoms with Crippen molar-refractivity contribution < 1.29 is 4.55 Å². The number of benzene rings is 1. The zero-order valence-electron chi connectivity index (χ0n) is 17.9. The number of hydrogen-bond donors (Lipinski definition) is 2. The van der Waals surface area contributed by atoms with E-state index in [1.165, 1.54) is 53.6 Å². The van der Waals surface area contributed by atoms with Crippen LogP contribution in [0.1, 0.15) is 62.3 Å². The normalized spacial score (nSPS) is 17.3. The van der Waals surface area contributed by atoms with Gasteiger partial charge in [0.25, 0.3) is 0 Å². The van der Waals surface area contributed by atoms with Crippen LogP contribution in [0, 0.1) is 5.92 Å². The number of aryl methyl sites for hydroxylation is 2. The summed E-state index contributed by atoms with van der Waals surface area (Å²) in [6.07, 6.45) is 8.22. The lowest BCUT2D eigenvalue weighted by atomic mass is 9.99. The van der Waals surface area contributed by atoms with Crippen molar-refractivity contribution in [2.24, 2.45) is 5.92 Å². The Morgan fingerprint density at radius 2 is 1.75 bits per heavy atom. The Kier molecular flexibility index (Phi) is 7.72. The first-order chi connectivity index (χ1) is 13.5. The molecule has 4 nitrogen and oxygen atoms in total. The molecule has 2 atom stereocenters. The molecule has 0 heterocycles. The van der Waals surface area contributed by atoms with E-state index in [2.05, 4.69) is 48.4 Å². The van der Waals surface area contributed by atoms with E-state index in [1.807, 2.05) is 0 Å². The van der Waals surface area contributed by atoms with Crippen molar-refractivity contribution in [3.8, 4) is 0 Å². The number of fused-ring (bicyclic) bond motifs is 2. The molecule has 0 fully saturated rings. The van der Waals surface area contributed by atoms with Gasteiger partial charge in [-0.1, -0.05) is 33.4 Å². The third-order valence-electron chi connectivity index (χ3n) is 6.25. The van der Waals surface area contributed by atoms with Gasteiger partial charge in [0, 0.05) is 11.6 Å². The minimum absolute atomic E-state index is 0.423. The number of nitrogens with one attached hydrogen (secondary N) is 2. The van der Waals surface area contributed by atoms with E-state index >= 15 is 0 Å². The summed E-state index contributed by atoms with van der Waals surface area (Å²) in [5.74, 6) is 1.75. The van der Waals surface area contributed by atoms with Crippen LogP contribution in [0.4, 0.5) is 5.69 Å². The first-order valence-corrected chi connectivity index (χ1v) is 12.3. The van der Waals surface area contributed by atoms with Gasteiger partial charge in [-0.25, -0.2) is 0 Å². The van der Waals surface area contributed by atoms with E-state index in [0.29, 0.717) is 17.5 Å². The molecular formula is C23H37N3OS. The van der Waals surface area contributed by atoms with Crippen LogP contribution in [0.15, 0.2) is 18.5 Å². The SMILES string of the molecule is C=C(Nc1c2c(cc3c1CCC3)CCC2)N[S+]([O-])CC(C)CCN(CC)CC. The fourth-order valence-corrected chi connectivity index (χ4v) is 5.70. The zero-order valence-corrected chi connectivity index (χ0v) is 18.7. The molecular weight excluding hydrogens is 366 g/mol. The second-order valence-corrected chi connectivity index (χ2v) is 9.60. The molecule has 28 heavy (non-hydrogen) atoms. The van der Waals surface area contributed by atoms with E-state index in [9.17, 15) is 4.55 Å². The molecule has 0 bridgehead atoms. The van der Waals surface area contributed by atoms with Crippen LogP contribution >= 0.6 is 0 Å². The average Bonchev–Trinajstić information content (AvgIpc) is 3.31. The van der Waals surface area contributed by atoms with Crippen molar-refractivity contribution in [3.63, 3.8) is 0 Å². The lowest BCUT2D eigenvalue weighted by Crippen LogP contribution is -2.33. The summed E-state index contributed by atoms with van der Waals surface area (Å²) in [7, 11) is 0. The van der Waals surface area contributed by atoms with Gasteiger partial charge >= 0.3 is 0 Å². The second-order valence-electron chi connectivity index (χ2n) is 8.37. The van der Waals surface area contributed by atoms with Crippen molar-refractivity contribution >= 4 is 17.0 Å². The van der Waals surface area contributed by atoms with Gasteiger partial charge in [-0.2, -0.15) is 4.72 Å². The highest BCUT2D eigenvalue weighted by Gasteiger charge is 2.25. The molecule has 1 aromatic carbocycles. The number of hydrogen-bond acceptors (Lipinski definition) is 4. The molecule has 156 valence electrons. The van der Waals surface area contributed by atoms with Crippen molar-refractivity contribution in [3.05, 3.63) is 40.7 Å².